The lowest BCUT2D eigenvalue weighted by Crippen LogP contribution is -2.48. The number of amides is 1. The van der Waals surface area contributed by atoms with Gasteiger partial charge in [0.05, 0.1) is 9.77 Å². The highest BCUT2D eigenvalue weighted by molar-refractivity contribution is 7.89. The molecule has 0 unspecified atom stereocenters. The van der Waals surface area contributed by atoms with E-state index in [0.717, 1.165) is 11.3 Å². The fourth-order valence-electron chi connectivity index (χ4n) is 3.09. The number of rotatable bonds is 4. The normalized spacial score (nSPS) is 15.9. The molecule has 26 heavy (non-hydrogen) atoms. The Labute approximate surface area is 158 Å². The highest BCUT2D eigenvalue weighted by Gasteiger charge is 2.30. The van der Waals surface area contributed by atoms with Crippen molar-refractivity contribution in [3.8, 4) is 0 Å². The number of aryl methyl sites for hydroxylation is 1. The Morgan fingerprint density at radius 3 is 2.50 bits per heavy atom. The van der Waals surface area contributed by atoms with Crippen LogP contribution in [0, 0.1) is 13.8 Å². The summed E-state index contributed by atoms with van der Waals surface area (Å²) >= 11 is 1.15. The Balaban J connectivity index is 1.73. The van der Waals surface area contributed by atoms with Crippen LogP contribution < -0.4 is 10.2 Å². The average Bonchev–Trinajstić information content (AvgIpc) is 3.14. The number of sulfonamides is 1. The number of carbonyl (C=O) groups is 1. The van der Waals surface area contributed by atoms with E-state index >= 15 is 0 Å². The highest BCUT2D eigenvalue weighted by atomic mass is 32.2. The van der Waals surface area contributed by atoms with E-state index in [1.807, 2.05) is 6.07 Å². The lowest BCUT2D eigenvalue weighted by molar-refractivity contribution is 0.0967. The molecule has 1 saturated heterocycles. The number of carbonyl (C=O) groups excluding carboxylic acids is 1. The summed E-state index contributed by atoms with van der Waals surface area (Å²) in [5.74, 6) is -0.267. The molecule has 1 aliphatic heterocycles. The zero-order valence-corrected chi connectivity index (χ0v) is 16.8. The minimum Gasteiger partial charge on any atom is -0.369 e. The number of thiophene rings is 1. The molecule has 1 aromatic carbocycles. The number of hydrogen-bond donors (Lipinski definition) is 1. The third kappa shape index (κ3) is 3.49. The van der Waals surface area contributed by atoms with E-state index in [9.17, 15) is 13.2 Å². The Morgan fingerprint density at radius 1 is 1.15 bits per heavy atom. The van der Waals surface area contributed by atoms with Crippen LogP contribution in [0.2, 0.25) is 0 Å². The van der Waals surface area contributed by atoms with Crippen LogP contribution in [0.3, 0.4) is 0 Å². The largest absolute Gasteiger partial charge is 0.369 e. The van der Waals surface area contributed by atoms with Crippen molar-refractivity contribution in [3.63, 3.8) is 0 Å². The summed E-state index contributed by atoms with van der Waals surface area (Å²) in [5.41, 5.74) is 3.63. The molecule has 0 saturated carbocycles. The van der Waals surface area contributed by atoms with E-state index in [1.54, 1.807) is 0 Å². The van der Waals surface area contributed by atoms with E-state index in [1.165, 1.54) is 39.6 Å². The molecule has 3 rings (SSSR count). The molecular weight excluding hydrogens is 370 g/mol. The minimum atomic E-state index is -3.57. The van der Waals surface area contributed by atoms with Gasteiger partial charge in [-0.3, -0.25) is 4.79 Å². The molecule has 1 aliphatic rings. The van der Waals surface area contributed by atoms with Crippen molar-refractivity contribution in [2.45, 2.75) is 18.7 Å². The van der Waals surface area contributed by atoms with Gasteiger partial charge in [-0.2, -0.15) is 4.31 Å². The molecule has 1 N–H and O–H groups in total. The lowest BCUT2D eigenvalue weighted by atomic mass is 10.1. The fourth-order valence-corrected chi connectivity index (χ4v) is 5.72. The van der Waals surface area contributed by atoms with Gasteiger partial charge in [-0.1, -0.05) is 12.1 Å². The summed E-state index contributed by atoms with van der Waals surface area (Å²) in [6, 6.07) is 7.66. The van der Waals surface area contributed by atoms with E-state index in [2.05, 4.69) is 36.2 Å². The summed E-state index contributed by atoms with van der Waals surface area (Å²) in [4.78, 5) is 14.5. The van der Waals surface area contributed by atoms with Crippen molar-refractivity contribution in [1.82, 2.24) is 9.62 Å². The van der Waals surface area contributed by atoms with Gasteiger partial charge in [0.25, 0.3) is 5.91 Å². The highest BCUT2D eigenvalue weighted by Crippen LogP contribution is 2.27. The zero-order chi connectivity index (χ0) is 18.9. The quantitative estimate of drug-likeness (QED) is 0.865. The summed E-state index contributed by atoms with van der Waals surface area (Å²) < 4.78 is 27.2. The molecule has 0 spiro atoms. The molecule has 0 aliphatic carbocycles. The molecule has 8 heteroatoms. The molecule has 0 radical (unpaired) electrons. The second-order valence-corrected chi connectivity index (χ2v) is 9.19. The second-order valence-electron chi connectivity index (χ2n) is 6.34. The Kier molecular flexibility index (Phi) is 5.36. The van der Waals surface area contributed by atoms with Gasteiger partial charge in [-0.25, -0.2) is 8.42 Å². The Bertz CT molecular complexity index is 914. The van der Waals surface area contributed by atoms with E-state index in [0.29, 0.717) is 31.1 Å². The molecule has 2 aromatic rings. The smallest absolute Gasteiger partial charge is 0.261 e. The third-order valence-electron chi connectivity index (χ3n) is 4.82. The molecule has 6 nitrogen and oxygen atoms in total. The molecule has 0 bridgehead atoms. The van der Waals surface area contributed by atoms with Crippen molar-refractivity contribution >= 4 is 33.0 Å². The van der Waals surface area contributed by atoms with Gasteiger partial charge in [0.15, 0.2) is 0 Å². The second kappa shape index (κ2) is 7.38. The number of piperazine rings is 1. The molecule has 1 amide bonds. The van der Waals surface area contributed by atoms with Crippen LogP contribution in [0.1, 0.15) is 20.8 Å². The van der Waals surface area contributed by atoms with Crippen LogP contribution in [0.4, 0.5) is 5.69 Å². The van der Waals surface area contributed by atoms with Gasteiger partial charge in [0.1, 0.15) is 0 Å². The number of nitrogens with one attached hydrogen (secondary N) is 1. The summed E-state index contributed by atoms with van der Waals surface area (Å²) in [7, 11) is -2.04. The van der Waals surface area contributed by atoms with Gasteiger partial charge < -0.3 is 10.2 Å². The van der Waals surface area contributed by atoms with Crippen LogP contribution in [0.5, 0.6) is 0 Å². The summed E-state index contributed by atoms with van der Waals surface area (Å²) in [5, 5.41) is 4.05. The van der Waals surface area contributed by atoms with Gasteiger partial charge in [0.2, 0.25) is 10.0 Å². The van der Waals surface area contributed by atoms with E-state index in [4.69, 9.17) is 0 Å². The Hall–Kier alpha value is -1.90. The zero-order valence-electron chi connectivity index (χ0n) is 15.2. The van der Waals surface area contributed by atoms with Crippen LogP contribution in [0.25, 0.3) is 0 Å². The SMILES string of the molecule is CNC(=O)c1cc(S(=O)(=O)N2CCN(c3cccc(C)c3C)CC2)cs1. The van der Waals surface area contributed by atoms with Crippen molar-refractivity contribution in [2.75, 3.05) is 38.1 Å². The number of nitrogens with zero attached hydrogens (tertiary/aromatic N) is 2. The molecule has 1 aromatic heterocycles. The first-order valence-electron chi connectivity index (χ1n) is 8.46. The molecule has 0 atom stereocenters. The molecule has 1 fully saturated rings. The maximum Gasteiger partial charge on any atom is 0.261 e. The number of hydrogen-bond acceptors (Lipinski definition) is 5. The topological polar surface area (TPSA) is 69.7 Å². The third-order valence-corrected chi connectivity index (χ3v) is 7.77. The maximum atomic E-state index is 12.9. The fraction of sp³-hybridized carbons (Fsp3) is 0.389. The molecule has 2 heterocycles. The number of benzene rings is 1. The van der Waals surface area contributed by atoms with Crippen LogP contribution in [0.15, 0.2) is 34.5 Å². The minimum absolute atomic E-state index is 0.196. The predicted molar refractivity (Wildman–Crippen MR) is 105 cm³/mol. The standard InChI is InChI=1S/C18H23N3O3S2/c1-13-5-4-6-16(14(13)2)20-7-9-21(10-8-20)26(23,24)15-11-17(25-12-15)18(22)19-3/h4-6,11-12H,7-10H2,1-3H3,(H,19,22). The summed E-state index contributed by atoms with van der Waals surface area (Å²) in [6.45, 7) is 6.34. The van der Waals surface area contributed by atoms with Crippen molar-refractivity contribution in [2.24, 2.45) is 0 Å². The lowest BCUT2D eigenvalue weighted by Gasteiger charge is -2.36. The number of anilines is 1. The van der Waals surface area contributed by atoms with E-state index in [-0.39, 0.29) is 10.8 Å². The van der Waals surface area contributed by atoms with Gasteiger partial charge >= 0.3 is 0 Å². The first kappa shape index (κ1) is 18.9. The first-order valence-corrected chi connectivity index (χ1v) is 10.8. The van der Waals surface area contributed by atoms with Crippen LogP contribution in [-0.4, -0.2) is 51.9 Å². The predicted octanol–water partition coefficient (Wildman–Crippen LogP) is 2.24. The molecule has 140 valence electrons. The van der Waals surface area contributed by atoms with Crippen molar-refractivity contribution in [3.05, 3.63) is 45.6 Å². The monoisotopic (exact) mass is 393 g/mol. The Morgan fingerprint density at radius 2 is 1.85 bits per heavy atom. The van der Waals surface area contributed by atoms with Crippen molar-refractivity contribution < 1.29 is 13.2 Å². The maximum absolute atomic E-state index is 12.9. The summed E-state index contributed by atoms with van der Waals surface area (Å²) in [6.07, 6.45) is 0. The first-order chi connectivity index (χ1) is 12.3. The average molecular weight is 394 g/mol. The van der Waals surface area contributed by atoms with Crippen LogP contribution >= 0.6 is 11.3 Å². The van der Waals surface area contributed by atoms with Gasteiger partial charge in [0, 0.05) is 44.3 Å². The van der Waals surface area contributed by atoms with Gasteiger partial charge in [-0.05, 0) is 37.1 Å². The molecular formula is C18H23N3O3S2. The van der Waals surface area contributed by atoms with E-state index < -0.39 is 10.0 Å². The van der Waals surface area contributed by atoms with Gasteiger partial charge in [-0.15, -0.1) is 11.3 Å². The van der Waals surface area contributed by atoms with Crippen molar-refractivity contribution in [1.29, 1.82) is 0 Å². The van der Waals surface area contributed by atoms with Crippen LogP contribution in [-0.2, 0) is 10.0 Å².